The highest BCUT2D eigenvalue weighted by Gasteiger charge is 2.20. The number of amides is 1. The van der Waals surface area contributed by atoms with E-state index in [2.05, 4.69) is 0 Å². The highest BCUT2D eigenvalue weighted by Crippen LogP contribution is 2.22. The molecule has 0 radical (unpaired) electrons. The molecule has 5 heteroatoms. The monoisotopic (exact) mass is 284 g/mol. The van der Waals surface area contributed by atoms with Gasteiger partial charge in [0.15, 0.2) is 0 Å². The third-order valence-electron chi connectivity index (χ3n) is 3.03. The first kappa shape index (κ1) is 14.5. The van der Waals surface area contributed by atoms with Gasteiger partial charge in [0, 0.05) is 13.6 Å². The van der Waals surface area contributed by atoms with Crippen LogP contribution in [0.3, 0.4) is 0 Å². The van der Waals surface area contributed by atoms with Crippen LogP contribution in [0.25, 0.3) is 0 Å². The van der Waals surface area contributed by atoms with Crippen LogP contribution in [-0.2, 0) is 6.54 Å². The third-order valence-corrected chi connectivity index (χ3v) is 3.03. The van der Waals surface area contributed by atoms with E-state index in [-0.39, 0.29) is 12.1 Å². The minimum Gasteiger partial charge on any atom is -0.507 e. The minimum absolute atomic E-state index is 0.210. The fourth-order valence-corrected chi connectivity index (χ4v) is 2.00. The van der Waals surface area contributed by atoms with E-state index >= 15 is 0 Å². The number of hydrogen-bond donors (Lipinski definition) is 1. The molecule has 0 aliphatic carbocycles. The van der Waals surface area contributed by atoms with Crippen LogP contribution in [0.15, 0.2) is 42.5 Å². The van der Waals surface area contributed by atoms with E-state index in [0.717, 1.165) is 11.6 Å². The fourth-order valence-electron chi connectivity index (χ4n) is 2.00. The second-order valence-corrected chi connectivity index (χ2v) is 4.61. The summed E-state index contributed by atoms with van der Waals surface area (Å²) in [4.78, 5) is 13.5. The third kappa shape index (κ3) is 3.18. The lowest BCUT2D eigenvalue weighted by atomic mass is 10.1. The Morgan fingerprint density at radius 3 is 2.71 bits per heavy atom. The van der Waals surface area contributed by atoms with Crippen LogP contribution in [0.2, 0.25) is 0 Å². The van der Waals surface area contributed by atoms with Crippen molar-refractivity contribution in [3.8, 4) is 11.8 Å². The lowest BCUT2D eigenvalue weighted by Gasteiger charge is -2.18. The lowest BCUT2D eigenvalue weighted by Crippen LogP contribution is -2.27. The molecule has 106 valence electrons. The molecule has 0 bridgehead atoms. The maximum atomic E-state index is 13.7. The van der Waals surface area contributed by atoms with Gasteiger partial charge in [-0.05, 0) is 29.8 Å². The Kier molecular flexibility index (Phi) is 4.19. The molecule has 4 nitrogen and oxygen atoms in total. The maximum Gasteiger partial charge on any atom is 0.260 e. The van der Waals surface area contributed by atoms with Gasteiger partial charge in [-0.25, -0.2) is 4.39 Å². The predicted molar refractivity (Wildman–Crippen MR) is 75.0 cm³/mol. The molecule has 2 aromatic rings. The highest BCUT2D eigenvalue weighted by atomic mass is 19.1. The summed E-state index contributed by atoms with van der Waals surface area (Å²) in [5.74, 6) is -1.77. The number of nitrogens with zero attached hydrogens (tertiary/aromatic N) is 2. The number of carbonyl (C=O) groups is 1. The normalized spacial score (nSPS) is 9.95. The molecule has 0 saturated heterocycles. The quantitative estimate of drug-likeness (QED) is 0.942. The Morgan fingerprint density at radius 1 is 1.33 bits per heavy atom. The average molecular weight is 284 g/mol. The van der Waals surface area contributed by atoms with Crippen LogP contribution < -0.4 is 0 Å². The van der Waals surface area contributed by atoms with E-state index in [1.807, 2.05) is 6.07 Å². The first-order chi connectivity index (χ1) is 10.0. The Balaban J connectivity index is 2.22. The maximum absolute atomic E-state index is 13.7. The predicted octanol–water partition coefficient (Wildman–Crippen LogP) is 2.68. The van der Waals surface area contributed by atoms with Gasteiger partial charge >= 0.3 is 0 Å². The summed E-state index contributed by atoms with van der Waals surface area (Å²) in [5.41, 5.74) is 0.888. The summed E-state index contributed by atoms with van der Waals surface area (Å²) in [6.07, 6.45) is 0. The van der Waals surface area contributed by atoms with E-state index in [1.54, 1.807) is 24.3 Å². The van der Waals surface area contributed by atoms with Gasteiger partial charge in [0.25, 0.3) is 5.91 Å². The number of rotatable bonds is 3. The molecule has 1 amide bonds. The Labute approximate surface area is 121 Å². The molecular weight excluding hydrogens is 271 g/mol. The van der Waals surface area contributed by atoms with Gasteiger partial charge in [-0.3, -0.25) is 4.79 Å². The molecular formula is C16H13FN2O2. The topological polar surface area (TPSA) is 64.3 Å². The number of hydrogen-bond acceptors (Lipinski definition) is 3. The second kappa shape index (κ2) is 6.06. The standard InChI is InChI=1S/C16H13FN2O2/c1-19(10-12-5-2-4-11(8-12)9-18)16(21)15-13(17)6-3-7-14(15)20/h2-8,20H,10H2,1H3. The van der Waals surface area contributed by atoms with Crippen LogP contribution in [0.4, 0.5) is 4.39 Å². The van der Waals surface area contributed by atoms with Crippen LogP contribution in [0, 0.1) is 17.1 Å². The molecule has 0 spiro atoms. The molecule has 0 saturated carbocycles. The average Bonchev–Trinajstić information content (AvgIpc) is 2.47. The van der Waals surface area contributed by atoms with Gasteiger partial charge in [-0.15, -0.1) is 0 Å². The first-order valence-corrected chi connectivity index (χ1v) is 6.25. The number of halogens is 1. The van der Waals surface area contributed by atoms with E-state index < -0.39 is 17.5 Å². The van der Waals surface area contributed by atoms with Crippen LogP contribution in [0.5, 0.6) is 5.75 Å². The van der Waals surface area contributed by atoms with Crippen molar-refractivity contribution in [3.05, 3.63) is 65.0 Å². The number of phenols is 1. The van der Waals surface area contributed by atoms with E-state index in [0.29, 0.717) is 5.56 Å². The largest absolute Gasteiger partial charge is 0.507 e. The van der Waals surface area contributed by atoms with Gasteiger partial charge in [-0.2, -0.15) is 5.26 Å². The SMILES string of the molecule is CN(Cc1cccc(C#N)c1)C(=O)c1c(O)cccc1F. The summed E-state index contributed by atoms with van der Waals surface area (Å²) in [6.45, 7) is 0.210. The molecule has 0 aromatic heterocycles. The van der Waals surface area contributed by atoms with Crippen molar-refractivity contribution in [2.24, 2.45) is 0 Å². The van der Waals surface area contributed by atoms with Gasteiger partial charge in [0.05, 0.1) is 11.6 Å². The summed E-state index contributed by atoms with van der Waals surface area (Å²) in [6, 6.07) is 12.5. The van der Waals surface area contributed by atoms with Crippen LogP contribution >= 0.6 is 0 Å². The number of carbonyl (C=O) groups excluding carboxylic acids is 1. The molecule has 0 unspecified atom stereocenters. The lowest BCUT2D eigenvalue weighted by molar-refractivity contribution is 0.0777. The minimum atomic E-state index is -0.766. The summed E-state index contributed by atoms with van der Waals surface area (Å²) < 4.78 is 13.7. The smallest absolute Gasteiger partial charge is 0.260 e. The van der Waals surface area contributed by atoms with E-state index in [9.17, 15) is 14.3 Å². The molecule has 0 aliphatic heterocycles. The Morgan fingerprint density at radius 2 is 2.05 bits per heavy atom. The second-order valence-electron chi connectivity index (χ2n) is 4.61. The zero-order valence-corrected chi connectivity index (χ0v) is 11.4. The van der Waals surface area contributed by atoms with Gasteiger partial charge < -0.3 is 10.0 Å². The zero-order valence-electron chi connectivity index (χ0n) is 11.4. The number of aromatic hydroxyl groups is 1. The first-order valence-electron chi connectivity index (χ1n) is 6.25. The number of nitriles is 1. The number of benzene rings is 2. The number of phenolic OH excluding ortho intramolecular Hbond substituents is 1. The van der Waals surface area contributed by atoms with Gasteiger partial charge in [-0.1, -0.05) is 18.2 Å². The van der Waals surface area contributed by atoms with Crippen molar-refractivity contribution in [2.75, 3.05) is 7.05 Å². The van der Waals surface area contributed by atoms with Crippen molar-refractivity contribution < 1.29 is 14.3 Å². The molecule has 0 atom stereocenters. The van der Waals surface area contributed by atoms with Gasteiger partial charge in [0.2, 0.25) is 0 Å². The highest BCUT2D eigenvalue weighted by molar-refractivity contribution is 5.96. The van der Waals surface area contributed by atoms with Crippen molar-refractivity contribution >= 4 is 5.91 Å². The summed E-state index contributed by atoms with van der Waals surface area (Å²) >= 11 is 0. The molecule has 0 heterocycles. The fraction of sp³-hybridized carbons (Fsp3) is 0.125. The van der Waals surface area contributed by atoms with Crippen molar-refractivity contribution in [2.45, 2.75) is 6.54 Å². The van der Waals surface area contributed by atoms with Crippen molar-refractivity contribution in [1.82, 2.24) is 4.90 Å². The molecule has 21 heavy (non-hydrogen) atoms. The molecule has 1 N–H and O–H groups in total. The Hall–Kier alpha value is -2.87. The van der Waals surface area contributed by atoms with Crippen LogP contribution in [0.1, 0.15) is 21.5 Å². The van der Waals surface area contributed by atoms with E-state index in [1.165, 1.54) is 24.1 Å². The van der Waals surface area contributed by atoms with Crippen LogP contribution in [-0.4, -0.2) is 23.0 Å². The summed E-state index contributed by atoms with van der Waals surface area (Å²) in [7, 11) is 1.51. The van der Waals surface area contributed by atoms with Crippen molar-refractivity contribution in [3.63, 3.8) is 0 Å². The molecule has 2 rings (SSSR count). The van der Waals surface area contributed by atoms with Gasteiger partial charge in [0.1, 0.15) is 17.1 Å². The van der Waals surface area contributed by atoms with E-state index in [4.69, 9.17) is 5.26 Å². The summed E-state index contributed by atoms with van der Waals surface area (Å²) in [5, 5.41) is 18.5. The molecule has 2 aromatic carbocycles. The zero-order chi connectivity index (χ0) is 15.4. The Bertz CT molecular complexity index is 702. The van der Waals surface area contributed by atoms with Crippen molar-refractivity contribution in [1.29, 1.82) is 5.26 Å². The molecule has 0 fully saturated rings. The molecule has 0 aliphatic rings.